The van der Waals surface area contributed by atoms with Crippen molar-refractivity contribution in [2.24, 2.45) is 0 Å². The van der Waals surface area contributed by atoms with Crippen LogP contribution in [0, 0.1) is 0 Å². The first-order valence-electron chi connectivity index (χ1n) is 10.8. The van der Waals surface area contributed by atoms with Crippen molar-refractivity contribution in [3.63, 3.8) is 0 Å². The van der Waals surface area contributed by atoms with Gasteiger partial charge in [0.25, 0.3) is 17.7 Å². The lowest BCUT2D eigenvalue weighted by Crippen LogP contribution is -2.35. The summed E-state index contributed by atoms with van der Waals surface area (Å²) in [7, 11) is 2.85. The second kappa shape index (κ2) is 10.8. The summed E-state index contributed by atoms with van der Waals surface area (Å²) >= 11 is 5.86. The minimum absolute atomic E-state index is 0.0565. The van der Waals surface area contributed by atoms with Crippen LogP contribution in [0.3, 0.4) is 0 Å². The predicted molar refractivity (Wildman–Crippen MR) is 135 cm³/mol. The minimum Gasteiger partial charge on any atom is -0.493 e. The molecule has 10 heteroatoms. The Kier molecular flexibility index (Phi) is 7.41. The van der Waals surface area contributed by atoms with Crippen molar-refractivity contribution in [3.8, 4) is 17.2 Å². The standard InChI is InChI=1S/C26H22ClN3O6/c1-34-21-13-16(12-20-25(32)29-30(26(20)33)19-6-4-3-5-7-19)14-22(35-2)24(21)36-15-23(31)28-18-10-8-17(27)9-11-18/h3-14H,15H2,1-2H3,(H,28,31)(H,29,32)/b20-12-. The molecular formula is C26H22ClN3O6. The number of anilines is 2. The van der Waals surface area contributed by atoms with Gasteiger partial charge in [-0.3, -0.25) is 19.8 Å². The summed E-state index contributed by atoms with van der Waals surface area (Å²) < 4.78 is 16.5. The van der Waals surface area contributed by atoms with E-state index >= 15 is 0 Å². The van der Waals surface area contributed by atoms with E-state index in [1.54, 1.807) is 60.7 Å². The first-order valence-corrected chi connectivity index (χ1v) is 11.1. The molecule has 3 aromatic carbocycles. The summed E-state index contributed by atoms with van der Waals surface area (Å²) in [6.45, 7) is -0.317. The molecule has 9 nitrogen and oxygen atoms in total. The van der Waals surface area contributed by atoms with E-state index in [1.165, 1.54) is 25.3 Å². The monoisotopic (exact) mass is 507 g/mol. The molecule has 184 valence electrons. The highest BCUT2D eigenvalue weighted by atomic mass is 35.5. The molecule has 1 aliphatic rings. The van der Waals surface area contributed by atoms with Crippen LogP contribution in [0.2, 0.25) is 5.02 Å². The van der Waals surface area contributed by atoms with Crippen molar-refractivity contribution in [1.82, 2.24) is 5.43 Å². The van der Waals surface area contributed by atoms with Crippen LogP contribution in [0.15, 0.2) is 72.3 Å². The van der Waals surface area contributed by atoms with Crippen LogP contribution in [-0.2, 0) is 14.4 Å². The minimum atomic E-state index is -0.541. The first kappa shape index (κ1) is 24.6. The number of rotatable bonds is 8. The van der Waals surface area contributed by atoms with Crippen LogP contribution >= 0.6 is 11.6 Å². The lowest BCUT2D eigenvalue weighted by molar-refractivity contribution is -0.118. The molecule has 2 N–H and O–H groups in total. The third-order valence-corrected chi connectivity index (χ3v) is 5.43. The molecule has 0 aliphatic carbocycles. The van der Waals surface area contributed by atoms with E-state index in [0.717, 1.165) is 0 Å². The normalized spacial score (nSPS) is 14.0. The van der Waals surface area contributed by atoms with Crippen LogP contribution < -0.4 is 30.0 Å². The smallest absolute Gasteiger partial charge is 0.282 e. The van der Waals surface area contributed by atoms with Crippen molar-refractivity contribution in [2.75, 3.05) is 31.2 Å². The zero-order valence-corrected chi connectivity index (χ0v) is 20.2. The number of hydrazine groups is 1. The van der Waals surface area contributed by atoms with Crippen LogP contribution in [0.25, 0.3) is 6.08 Å². The number of para-hydroxylation sites is 1. The topological polar surface area (TPSA) is 106 Å². The van der Waals surface area contributed by atoms with Gasteiger partial charge in [0.05, 0.1) is 19.9 Å². The zero-order chi connectivity index (χ0) is 25.7. The molecule has 4 rings (SSSR count). The van der Waals surface area contributed by atoms with Gasteiger partial charge in [-0.25, -0.2) is 5.01 Å². The Hall–Kier alpha value is -4.50. The van der Waals surface area contributed by atoms with E-state index in [9.17, 15) is 14.4 Å². The SMILES string of the molecule is COc1cc(/C=C2/C(=O)NN(c3ccccc3)C2=O)cc(OC)c1OCC(=O)Nc1ccc(Cl)cc1. The molecule has 0 saturated carbocycles. The van der Waals surface area contributed by atoms with Gasteiger partial charge in [-0.2, -0.15) is 0 Å². The largest absolute Gasteiger partial charge is 0.493 e. The maximum atomic E-state index is 12.9. The van der Waals surface area contributed by atoms with Crippen LogP contribution in [0.1, 0.15) is 5.56 Å². The van der Waals surface area contributed by atoms with Gasteiger partial charge in [0.15, 0.2) is 18.1 Å². The second-order valence-corrected chi connectivity index (χ2v) is 8.01. The Labute approximate surface area is 212 Å². The number of ether oxygens (including phenoxy) is 3. The number of nitrogens with one attached hydrogen (secondary N) is 2. The van der Waals surface area contributed by atoms with Gasteiger partial charge in [0.1, 0.15) is 5.57 Å². The van der Waals surface area contributed by atoms with E-state index < -0.39 is 17.7 Å². The number of carbonyl (C=O) groups is 3. The van der Waals surface area contributed by atoms with Crippen molar-refractivity contribution in [3.05, 3.63) is 82.9 Å². The Morgan fingerprint density at radius 3 is 2.25 bits per heavy atom. The molecule has 0 bridgehead atoms. The average molecular weight is 508 g/mol. The predicted octanol–water partition coefficient (Wildman–Crippen LogP) is 3.84. The average Bonchev–Trinajstić information content (AvgIpc) is 3.17. The maximum absolute atomic E-state index is 12.9. The first-order chi connectivity index (χ1) is 17.4. The highest BCUT2D eigenvalue weighted by molar-refractivity contribution is 6.31. The molecule has 1 saturated heterocycles. The number of methoxy groups -OCH3 is 2. The molecular weight excluding hydrogens is 486 g/mol. The molecule has 0 unspecified atom stereocenters. The third kappa shape index (κ3) is 5.42. The molecule has 0 radical (unpaired) electrons. The molecule has 3 aromatic rings. The third-order valence-electron chi connectivity index (χ3n) is 5.18. The second-order valence-electron chi connectivity index (χ2n) is 7.57. The molecule has 1 fully saturated rings. The fourth-order valence-electron chi connectivity index (χ4n) is 3.48. The van der Waals surface area contributed by atoms with Crippen LogP contribution in [-0.4, -0.2) is 38.5 Å². The number of benzene rings is 3. The Morgan fingerprint density at radius 2 is 1.64 bits per heavy atom. The highest BCUT2D eigenvalue weighted by Crippen LogP contribution is 2.39. The summed E-state index contributed by atoms with van der Waals surface area (Å²) in [5.74, 6) is -0.731. The summed E-state index contributed by atoms with van der Waals surface area (Å²) in [5.41, 5.74) is 4.07. The number of carbonyl (C=O) groups excluding carboxylic acids is 3. The van der Waals surface area contributed by atoms with Gasteiger partial charge < -0.3 is 19.5 Å². The molecule has 1 heterocycles. The highest BCUT2D eigenvalue weighted by Gasteiger charge is 2.34. The molecule has 3 amide bonds. The van der Waals surface area contributed by atoms with Gasteiger partial charge in [0, 0.05) is 10.7 Å². The van der Waals surface area contributed by atoms with Crippen molar-refractivity contribution in [2.45, 2.75) is 0 Å². The quantitative estimate of drug-likeness (QED) is 0.354. The zero-order valence-electron chi connectivity index (χ0n) is 19.4. The Morgan fingerprint density at radius 1 is 1.00 bits per heavy atom. The maximum Gasteiger partial charge on any atom is 0.282 e. The Bertz CT molecular complexity index is 1300. The van der Waals surface area contributed by atoms with E-state index in [2.05, 4.69) is 10.7 Å². The Balaban J connectivity index is 1.53. The summed E-state index contributed by atoms with van der Waals surface area (Å²) in [5, 5.41) is 4.44. The summed E-state index contributed by atoms with van der Waals surface area (Å²) in [4.78, 5) is 37.7. The van der Waals surface area contributed by atoms with E-state index in [0.29, 0.717) is 22.0 Å². The molecule has 0 spiro atoms. The number of halogens is 1. The number of hydrogen-bond donors (Lipinski definition) is 2. The van der Waals surface area contributed by atoms with Crippen molar-refractivity contribution >= 4 is 46.8 Å². The lowest BCUT2D eigenvalue weighted by atomic mass is 10.1. The number of hydrogen-bond acceptors (Lipinski definition) is 6. The van der Waals surface area contributed by atoms with E-state index in [4.69, 9.17) is 25.8 Å². The van der Waals surface area contributed by atoms with Gasteiger partial charge in [-0.1, -0.05) is 29.8 Å². The fraction of sp³-hybridized carbons (Fsp3) is 0.115. The van der Waals surface area contributed by atoms with Gasteiger partial charge in [0.2, 0.25) is 5.75 Å². The molecule has 0 atom stereocenters. The number of amides is 3. The van der Waals surface area contributed by atoms with Gasteiger partial charge >= 0.3 is 0 Å². The summed E-state index contributed by atoms with van der Waals surface area (Å²) in [6, 6.07) is 18.6. The molecule has 1 aliphatic heterocycles. The lowest BCUT2D eigenvalue weighted by Gasteiger charge is -2.15. The van der Waals surface area contributed by atoms with Crippen molar-refractivity contribution in [1.29, 1.82) is 0 Å². The number of nitrogens with zero attached hydrogens (tertiary/aromatic N) is 1. The fourth-order valence-corrected chi connectivity index (χ4v) is 3.60. The van der Waals surface area contributed by atoms with E-state index in [-0.39, 0.29) is 29.4 Å². The van der Waals surface area contributed by atoms with E-state index in [1.807, 2.05) is 6.07 Å². The molecule has 0 aromatic heterocycles. The van der Waals surface area contributed by atoms with Crippen LogP contribution in [0.5, 0.6) is 17.2 Å². The molecule has 36 heavy (non-hydrogen) atoms. The van der Waals surface area contributed by atoms with Gasteiger partial charge in [-0.05, 0) is 60.2 Å². The summed E-state index contributed by atoms with van der Waals surface area (Å²) in [6.07, 6.45) is 1.43. The van der Waals surface area contributed by atoms with Gasteiger partial charge in [-0.15, -0.1) is 0 Å². The van der Waals surface area contributed by atoms with Crippen molar-refractivity contribution < 1.29 is 28.6 Å². The van der Waals surface area contributed by atoms with Crippen LogP contribution in [0.4, 0.5) is 11.4 Å².